The molecule has 0 saturated carbocycles. The van der Waals surface area contributed by atoms with Gasteiger partial charge in [0.05, 0.1) is 11.4 Å². The quantitative estimate of drug-likeness (QED) is 0.772. The molecule has 1 N–H and O–H groups in total. The molecule has 2 aromatic rings. The molecule has 0 aliphatic carbocycles. The Morgan fingerprint density at radius 2 is 1.53 bits per heavy atom. The lowest BCUT2D eigenvalue weighted by Crippen LogP contribution is -2.01. The summed E-state index contributed by atoms with van der Waals surface area (Å²) in [6, 6.07) is 16.6. The zero-order chi connectivity index (χ0) is 13.5. The lowest BCUT2D eigenvalue weighted by molar-refractivity contribution is 0.148. The maximum Gasteiger partial charge on any atom is 0.426 e. The van der Waals surface area contributed by atoms with E-state index in [1.807, 2.05) is 30.3 Å². The van der Waals surface area contributed by atoms with Gasteiger partial charge in [0.15, 0.2) is 0 Å². The van der Waals surface area contributed by atoms with Crippen molar-refractivity contribution in [1.82, 2.24) is 5.73 Å². The first-order valence-corrected chi connectivity index (χ1v) is 5.68. The number of rotatable bonds is 4. The van der Waals surface area contributed by atoms with Crippen molar-refractivity contribution >= 4 is 17.5 Å². The largest absolute Gasteiger partial charge is 0.443 e. The summed E-state index contributed by atoms with van der Waals surface area (Å²) in [6.45, 7) is 0.0957. The summed E-state index contributed by atoms with van der Waals surface area (Å²) in [5.74, 6) is 0. The summed E-state index contributed by atoms with van der Waals surface area (Å²) in [7, 11) is 0. The van der Waals surface area contributed by atoms with Crippen LogP contribution in [0, 0.1) is 0 Å². The van der Waals surface area contributed by atoms with Gasteiger partial charge in [-0.1, -0.05) is 30.3 Å². The van der Waals surface area contributed by atoms with Crippen molar-refractivity contribution in [3.8, 4) is 0 Å². The number of carbonyl (C=O) groups is 1. The molecule has 2 rings (SSSR count). The van der Waals surface area contributed by atoms with E-state index in [1.54, 1.807) is 24.3 Å². The van der Waals surface area contributed by atoms with Crippen LogP contribution in [0.15, 0.2) is 64.8 Å². The lowest BCUT2D eigenvalue weighted by atomic mass is 10.2. The van der Waals surface area contributed by atoms with Gasteiger partial charge in [0, 0.05) is 0 Å². The molecule has 0 spiro atoms. The van der Waals surface area contributed by atoms with Crippen LogP contribution in [0.4, 0.5) is 16.2 Å². The fourth-order valence-corrected chi connectivity index (χ4v) is 1.42. The number of azo groups is 1. The molecule has 95 valence electrons. The van der Waals surface area contributed by atoms with E-state index in [9.17, 15) is 4.79 Å². The Labute approximate surface area is 110 Å². The van der Waals surface area contributed by atoms with E-state index in [1.165, 1.54) is 0 Å². The molecule has 1 amide bonds. The fraction of sp³-hybridized carbons (Fsp3) is 0.0714. The predicted molar refractivity (Wildman–Crippen MR) is 70.3 cm³/mol. The van der Waals surface area contributed by atoms with E-state index < -0.39 is 6.09 Å². The average molecular weight is 254 g/mol. The average Bonchev–Trinajstić information content (AvgIpc) is 2.45. The molecule has 0 aliphatic heterocycles. The second-order valence-corrected chi connectivity index (χ2v) is 3.78. The van der Waals surface area contributed by atoms with E-state index in [2.05, 4.69) is 15.0 Å². The molecule has 0 fully saturated rings. The van der Waals surface area contributed by atoms with Gasteiger partial charge in [-0.25, -0.2) is 10.5 Å². The maximum absolute atomic E-state index is 10.4. The zero-order valence-electron chi connectivity index (χ0n) is 10.1. The molecule has 0 aromatic heterocycles. The highest BCUT2D eigenvalue weighted by Gasteiger charge is 1.97. The van der Waals surface area contributed by atoms with Gasteiger partial charge in [0.2, 0.25) is 0 Å². The number of hydrogen-bond donors (Lipinski definition) is 0. The van der Waals surface area contributed by atoms with Crippen LogP contribution < -0.4 is 5.73 Å². The second kappa shape index (κ2) is 6.30. The van der Waals surface area contributed by atoms with Crippen LogP contribution in [-0.4, -0.2) is 6.09 Å². The summed E-state index contributed by atoms with van der Waals surface area (Å²) in [5, 5.41) is 8.18. The minimum atomic E-state index is -1.03. The molecule has 19 heavy (non-hydrogen) atoms. The number of nitrogens with one attached hydrogen (secondary N) is 1. The lowest BCUT2D eigenvalue weighted by Gasteiger charge is -2.00. The van der Waals surface area contributed by atoms with Crippen molar-refractivity contribution in [2.45, 2.75) is 6.61 Å². The second-order valence-electron chi connectivity index (χ2n) is 3.78. The Morgan fingerprint density at radius 1 is 0.947 bits per heavy atom. The van der Waals surface area contributed by atoms with Crippen molar-refractivity contribution in [2.24, 2.45) is 10.2 Å². The van der Waals surface area contributed by atoms with Crippen molar-refractivity contribution < 1.29 is 9.53 Å². The molecule has 0 unspecified atom stereocenters. The summed E-state index contributed by atoms with van der Waals surface area (Å²) in [4.78, 5) is 10.4. The van der Waals surface area contributed by atoms with E-state index in [0.717, 1.165) is 11.3 Å². The molecule has 1 radical (unpaired) electrons. The third kappa shape index (κ3) is 4.23. The van der Waals surface area contributed by atoms with Crippen molar-refractivity contribution in [3.63, 3.8) is 0 Å². The summed E-state index contributed by atoms with van der Waals surface area (Å²) in [5.41, 5.74) is 8.94. The summed E-state index contributed by atoms with van der Waals surface area (Å²) < 4.78 is 4.57. The first kappa shape index (κ1) is 12.8. The first-order chi connectivity index (χ1) is 9.24. The monoisotopic (exact) mass is 254 g/mol. The Kier molecular flexibility index (Phi) is 4.23. The van der Waals surface area contributed by atoms with Crippen LogP contribution in [0.25, 0.3) is 0 Å². The van der Waals surface area contributed by atoms with Gasteiger partial charge in [-0.05, 0) is 29.8 Å². The zero-order valence-corrected chi connectivity index (χ0v) is 10.1. The topological polar surface area (TPSA) is 74.8 Å². The van der Waals surface area contributed by atoms with Crippen LogP contribution in [0.3, 0.4) is 0 Å². The van der Waals surface area contributed by atoms with Gasteiger partial charge in [0.25, 0.3) is 0 Å². The number of amides is 1. The Morgan fingerprint density at radius 3 is 2.11 bits per heavy atom. The van der Waals surface area contributed by atoms with Crippen molar-refractivity contribution in [1.29, 1.82) is 0 Å². The van der Waals surface area contributed by atoms with Gasteiger partial charge in [0.1, 0.15) is 6.61 Å². The van der Waals surface area contributed by atoms with Crippen molar-refractivity contribution in [2.75, 3.05) is 0 Å². The fourth-order valence-electron chi connectivity index (χ4n) is 1.42. The van der Waals surface area contributed by atoms with Gasteiger partial charge in [-0.3, -0.25) is 0 Å². The third-order valence-electron chi connectivity index (χ3n) is 2.34. The molecule has 0 bridgehead atoms. The predicted octanol–water partition coefficient (Wildman–Crippen LogP) is 4.02. The van der Waals surface area contributed by atoms with Gasteiger partial charge < -0.3 is 4.74 Å². The normalized spacial score (nSPS) is 10.5. The number of ether oxygens (including phenoxy) is 1. The van der Waals surface area contributed by atoms with Crippen LogP contribution >= 0.6 is 0 Å². The number of hydrogen-bond acceptors (Lipinski definition) is 4. The smallest absolute Gasteiger partial charge is 0.426 e. The minimum absolute atomic E-state index is 0.0957. The van der Waals surface area contributed by atoms with Gasteiger partial charge in [-0.15, -0.1) is 0 Å². The van der Waals surface area contributed by atoms with Crippen LogP contribution in [-0.2, 0) is 11.3 Å². The molecular weight excluding hydrogens is 242 g/mol. The minimum Gasteiger partial charge on any atom is -0.443 e. The SMILES string of the molecule is [NH]C(=O)OCc1ccc(N=Nc2ccccc2)cc1. The van der Waals surface area contributed by atoms with E-state index in [-0.39, 0.29) is 6.61 Å². The first-order valence-electron chi connectivity index (χ1n) is 5.68. The summed E-state index contributed by atoms with van der Waals surface area (Å²) >= 11 is 0. The number of nitrogens with zero attached hydrogens (tertiary/aromatic N) is 2. The molecule has 5 heteroatoms. The summed E-state index contributed by atoms with van der Waals surface area (Å²) in [6.07, 6.45) is -1.03. The van der Waals surface area contributed by atoms with Crippen LogP contribution in [0.2, 0.25) is 0 Å². The molecule has 0 atom stereocenters. The Balaban J connectivity index is 1.99. The molecule has 2 aromatic carbocycles. The van der Waals surface area contributed by atoms with Crippen molar-refractivity contribution in [3.05, 3.63) is 60.2 Å². The molecular formula is C14H12N3O2. The van der Waals surface area contributed by atoms with Crippen LogP contribution in [0.5, 0.6) is 0 Å². The molecule has 0 saturated heterocycles. The highest BCUT2D eigenvalue weighted by atomic mass is 16.5. The van der Waals surface area contributed by atoms with E-state index >= 15 is 0 Å². The molecule has 0 heterocycles. The van der Waals surface area contributed by atoms with E-state index in [0.29, 0.717) is 5.69 Å². The Bertz CT molecular complexity index is 565. The van der Waals surface area contributed by atoms with Crippen LogP contribution in [0.1, 0.15) is 5.56 Å². The standard InChI is InChI=1S/C14H12N3O2/c15-14(18)19-10-11-6-8-13(9-7-11)17-16-12-4-2-1-3-5-12/h1-9,15H,10H2. The number of carbonyl (C=O) groups excluding carboxylic acids is 1. The van der Waals surface area contributed by atoms with Gasteiger partial charge in [-0.2, -0.15) is 10.2 Å². The molecule has 5 nitrogen and oxygen atoms in total. The highest BCUT2D eigenvalue weighted by Crippen LogP contribution is 2.18. The van der Waals surface area contributed by atoms with Gasteiger partial charge >= 0.3 is 6.09 Å². The third-order valence-corrected chi connectivity index (χ3v) is 2.34. The number of benzene rings is 2. The highest BCUT2D eigenvalue weighted by molar-refractivity contribution is 5.63. The molecule has 0 aliphatic rings. The Hall–Kier alpha value is -2.69. The maximum atomic E-state index is 10.4. The van der Waals surface area contributed by atoms with E-state index in [4.69, 9.17) is 5.73 Å².